The molecule has 0 saturated carbocycles. The molecule has 2 aromatic heterocycles. The Morgan fingerprint density at radius 1 is 1.10 bits per heavy atom. The zero-order valence-corrected chi connectivity index (χ0v) is 13.4. The van der Waals surface area contributed by atoms with Crippen LogP contribution in [0.25, 0.3) is 22.4 Å². The van der Waals surface area contributed by atoms with Crippen molar-refractivity contribution < 1.29 is 0 Å². The van der Waals surface area contributed by atoms with Crippen LogP contribution in [-0.2, 0) is 7.05 Å². The molecule has 0 spiro atoms. The number of aromatic nitrogens is 3. The van der Waals surface area contributed by atoms with E-state index in [0.29, 0.717) is 5.82 Å². The lowest BCUT2D eigenvalue weighted by Crippen LogP contribution is -1.98. The number of halogens is 1. The number of nitrogens with two attached hydrogens (primary N) is 1. The number of nitrogens with zero attached hydrogens (tertiary/aromatic N) is 3. The van der Waals surface area contributed by atoms with Gasteiger partial charge in [0, 0.05) is 34.5 Å². The number of hydrogen-bond acceptors (Lipinski definition) is 3. The molecule has 3 rings (SSSR count). The smallest absolute Gasteiger partial charge is 0.129 e. The van der Waals surface area contributed by atoms with Crippen LogP contribution in [0.15, 0.2) is 47.1 Å². The van der Waals surface area contributed by atoms with E-state index in [4.69, 9.17) is 5.73 Å². The van der Waals surface area contributed by atoms with Crippen molar-refractivity contribution in [1.82, 2.24) is 14.8 Å². The summed E-state index contributed by atoms with van der Waals surface area (Å²) in [6.45, 7) is 1.98. The molecule has 0 aliphatic rings. The van der Waals surface area contributed by atoms with Crippen molar-refractivity contribution >= 4 is 21.7 Å². The topological polar surface area (TPSA) is 56.7 Å². The van der Waals surface area contributed by atoms with E-state index in [1.165, 1.54) is 0 Å². The van der Waals surface area contributed by atoms with Crippen LogP contribution in [0.4, 0.5) is 5.82 Å². The third-order valence-corrected chi connectivity index (χ3v) is 4.19. The molecular weight excluding hydrogens is 328 g/mol. The van der Waals surface area contributed by atoms with E-state index in [2.05, 4.69) is 26.0 Å². The number of hydrogen-bond donors (Lipinski definition) is 1. The number of aryl methyl sites for hydroxylation is 2. The SMILES string of the molecule is Cc1ncccc1-c1nn(C)c(N)c1-c1ccccc1Br. The van der Waals surface area contributed by atoms with Gasteiger partial charge in [0.1, 0.15) is 11.5 Å². The first-order valence-corrected chi connectivity index (χ1v) is 7.38. The third-order valence-electron chi connectivity index (χ3n) is 3.50. The highest BCUT2D eigenvalue weighted by Gasteiger charge is 2.20. The third kappa shape index (κ3) is 2.34. The molecule has 0 saturated heterocycles. The Kier molecular flexibility index (Phi) is 3.51. The monoisotopic (exact) mass is 342 g/mol. The Bertz CT molecular complexity index is 808. The number of nitrogen functional groups attached to an aromatic ring is 1. The highest BCUT2D eigenvalue weighted by atomic mass is 79.9. The normalized spacial score (nSPS) is 10.8. The summed E-state index contributed by atoms with van der Waals surface area (Å²) in [7, 11) is 1.85. The van der Waals surface area contributed by atoms with Crippen LogP contribution >= 0.6 is 15.9 Å². The minimum atomic E-state index is 0.639. The molecule has 2 heterocycles. The predicted octanol–water partition coefficient (Wildman–Crippen LogP) is 3.80. The van der Waals surface area contributed by atoms with Crippen LogP contribution < -0.4 is 5.73 Å². The number of benzene rings is 1. The summed E-state index contributed by atoms with van der Waals surface area (Å²) in [4.78, 5) is 4.35. The molecule has 4 nitrogen and oxygen atoms in total. The van der Waals surface area contributed by atoms with Crippen LogP contribution in [0.2, 0.25) is 0 Å². The first kappa shape index (κ1) is 13.8. The van der Waals surface area contributed by atoms with Gasteiger partial charge in [-0.3, -0.25) is 9.67 Å². The van der Waals surface area contributed by atoms with E-state index in [1.54, 1.807) is 10.9 Å². The lowest BCUT2D eigenvalue weighted by atomic mass is 10.0. The minimum Gasteiger partial charge on any atom is -0.383 e. The van der Waals surface area contributed by atoms with Crippen molar-refractivity contribution in [3.8, 4) is 22.4 Å². The molecule has 106 valence electrons. The fourth-order valence-electron chi connectivity index (χ4n) is 2.39. The molecular formula is C16H15BrN4. The lowest BCUT2D eigenvalue weighted by molar-refractivity contribution is 0.782. The van der Waals surface area contributed by atoms with Gasteiger partial charge >= 0.3 is 0 Å². The van der Waals surface area contributed by atoms with E-state index in [1.807, 2.05) is 50.4 Å². The second-order valence-electron chi connectivity index (χ2n) is 4.85. The van der Waals surface area contributed by atoms with Gasteiger partial charge < -0.3 is 5.73 Å². The highest BCUT2D eigenvalue weighted by Crippen LogP contribution is 2.39. The molecule has 3 aromatic rings. The zero-order chi connectivity index (χ0) is 15.0. The second-order valence-corrected chi connectivity index (χ2v) is 5.70. The Morgan fingerprint density at radius 3 is 2.52 bits per heavy atom. The van der Waals surface area contributed by atoms with E-state index in [-0.39, 0.29) is 0 Å². The van der Waals surface area contributed by atoms with Crippen molar-refractivity contribution in [3.05, 3.63) is 52.8 Å². The van der Waals surface area contributed by atoms with Crippen molar-refractivity contribution in [2.45, 2.75) is 6.92 Å². The van der Waals surface area contributed by atoms with Crippen LogP contribution in [0, 0.1) is 6.92 Å². The van der Waals surface area contributed by atoms with Crippen LogP contribution in [-0.4, -0.2) is 14.8 Å². The standard InChI is InChI=1S/C16H15BrN4/c1-10-11(7-5-9-19-10)15-14(16(18)21(2)20-15)12-6-3-4-8-13(12)17/h3-9H,18H2,1-2H3. The average Bonchev–Trinajstić information content (AvgIpc) is 2.76. The molecule has 0 atom stereocenters. The lowest BCUT2D eigenvalue weighted by Gasteiger charge is -2.08. The van der Waals surface area contributed by atoms with E-state index < -0.39 is 0 Å². The van der Waals surface area contributed by atoms with Gasteiger partial charge in [-0.2, -0.15) is 5.10 Å². The molecule has 0 radical (unpaired) electrons. The maximum atomic E-state index is 6.25. The van der Waals surface area contributed by atoms with Gasteiger partial charge in [-0.05, 0) is 25.1 Å². The van der Waals surface area contributed by atoms with E-state index in [0.717, 1.165) is 32.6 Å². The quantitative estimate of drug-likeness (QED) is 0.770. The molecule has 0 aliphatic carbocycles. The molecule has 0 amide bonds. The molecule has 5 heteroatoms. The van der Waals surface area contributed by atoms with Gasteiger partial charge in [0.25, 0.3) is 0 Å². The summed E-state index contributed by atoms with van der Waals surface area (Å²) < 4.78 is 2.70. The summed E-state index contributed by atoms with van der Waals surface area (Å²) in [6.07, 6.45) is 1.78. The summed E-state index contributed by atoms with van der Waals surface area (Å²) in [5, 5.41) is 4.59. The van der Waals surface area contributed by atoms with Gasteiger partial charge in [0.2, 0.25) is 0 Å². The van der Waals surface area contributed by atoms with Crippen molar-refractivity contribution in [1.29, 1.82) is 0 Å². The highest BCUT2D eigenvalue weighted by molar-refractivity contribution is 9.10. The van der Waals surface area contributed by atoms with E-state index in [9.17, 15) is 0 Å². The Hall–Kier alpha value is -2.14. The maximum absolute atomic E-state index is 6.25. The van der Waals surface area contributed by atoms with Crippen LogP contribution in [0.3, 0.4) is 0 Å². The van der Waals surface area contributed by atoms with Gasteiger partial charge in [0.15, 0.2) is 0 Å². The van der Waals surface area contributed by atoms with Gasteiger partial charge in [-0.1, -0.05) is 34.1 Å². The van der Waals surface area contributed by atoms with Crippen molar-refractivity contribution in [3.63, 3.8) is 0 Å². The predicted molar refractivity (Wildman–Crippen MR) is 88.7 cm³/mol. The van der Waals surface area contributed by atoms with E-state index >= 15 is 0 Å². The maximum Gasteiger partial charge on any atom is 0.129 e. The summed E-state index contributed by atoms with van der Waals surface area (Å²) >= 11 is 3.59. The molecule has 2 N–H and O–H groups in total. The number of anilines is 1. The van der Waals surface area contributed by atoms with Gasteiger partial charge in [0.05, 0.1) is 5.56 Å². The Labute approximate surface area is 131 Å². The van der Waals surface area contributed by atoms with Gasteiger partial charge in [-0.15, -0.1) is 0 Å². The molecule has 0 bridgehead atoms. The largest absolute Gasteiger partial charge is 0.383 e. The zero-order valence-electron chi connectivity index (χ0n) is 11.8. The second kappa shape index (κ2) is 5.33. The Morgan fingerprint density at radius 2 is 1.81 bits per heavy atom. The summed E-state index contributed by atoms with van der Waals surface area (Å²) in [5.74, 6) is 0.639. The number of pyridine rings is 1. The molecule has 1 aromatic carbocycles. The summed E-state index contributed by atoms with van der Waals surface area (Å²) in [6, 6.07) is 11.9. The summed E-state index contributed by atoms with van der Waals surface area (Å²) in [5.41, 5.74) is 11.0. The van der Waals surface area contributed by atoms with Gasteiger partial charge in [-0.25, -0.2) is 0 Å². The number of rotatable bonds is 2. The minimum absolute atomic E-state index is 0.639. The van der Waals surface area contributed by atoms with Crippen LogP contribution in [0.1, 0.15) is 5.69 Å². The Balaban J connectivity index is 2.32. The fourth-order valence-corrected chi connectivity index (χ4v) is 2.87. The van der Waals surface area contributed by atoms with Crippen molar-refractivity contribution in [2.24, 2.45) is 7.05 Å². The average molecular weight is 343 g/mol. The van der Waals surface area contributed by atoms with Crippen LogP contribution in [0.5, 0.6) is 0 Å². The molecule has 21 heavy (non-hydrogen) atoms. The molecule has 0 aliphatic heterocycles. The first-order chi connectivity index (χ1) is 10.1. The first-order valence-electron chi connectivity index (χ1n) is 6.59. The molecule has 0 fully saturated rings. The molecule has 0 unspecified atom stereocenters. The fraction of sp³-hybridized carbons (Fsp3) is 0.125. The van der Waals surface area contributed by atoms with Crippen molar-refractivity contribution in [2.75, 3.05) is 5.73 Å².